The summed E-state index contributed by atoms with van der Waals surface area (Å²) in [4.78, 5) is 23.5. The summed E-state index contributed by atoms with van der Waals surface area (Å²) in [5.41, 5.74) is 0.278. The molecule has 1 aliphatic heterocycles. The molecule has 138 valence electrons. The van der Waals surface area contributed by atoms with Crippen molar-refractivity contribution in [1.82, 2.24) is 14.9 Å². The molecule has 2 aromatic rings. The van der Waals surface area contributed by atoms with E-state index in [2.05, 4.69) is 9.97 Å². The van der Waals surface area contributed by atoms with Crippen LogP contribution in [0.2, 0.25) is 0 Å². The van der Waals surface area contributed by atoms with Gasteiger partial charge in [0.2, 0.25) is 11.7 Å². The van der Waals surface area contributed by atoms with Gasteiger partial charge in [0.05, 0.1) is 5.52 Å². The van der Waals surface area contributed by atoms with Crippen LogP contribution in [-0.4, -0.2) is 47.0 Å². The topological polar surface area (TPSA) is 49.3 Å². The molecule has 5 nitrogen and oxygen atoms in total. The van der Waals surface area contributed by atoms with Crippen LogP contribution < -0.4 is 4.90 Å². The first kappa shape index (κ1) is 17.1. The maximum absolute atomic E-state index is 13.2. The van der Waals surface area contributed by atoms with E-state index in [-0.39, 0.29) is 17.3 Å². The summed E-state index contributed by atoms with van der Waals surface area (Å²) in [6.45, 7) is 2.18. The molecule has 2 aliphatic rings. The number of amides is 1. The van der Waals surface area contributed by atoms with E-state index in [9.17, 15) is 18.0 Å². The Balaban J connectivity index is 1.65. The van der Waals surface area contributed by atoms with Gasteiger partial charge in [-0.05, 0) is 31.4 Å². The number of anilines is 1. The highest BCUT2D eigenvalue weighted by Crippen LogP contribution is 2.33. The van der Waals surface area contributed by atoms with Crippen molar-refractivity contribution in [2.75, 3.05) is 31.1 Å². The van der Waals surface area contributed by atoms with Gasteiger partial charge in [0.1, 0.15) is 5.82 Å². The van der Waals surface area contributed by atoms with Gasteiger partial charge in [-0.15, -0.1) is 0 Å². The number of alkyl halides is 3. The number of halogens is 3. The first-order valence-corrected chi connectivity index (χ1v) is 8.81. The Morgan fingerprint density at radius 1 is 1.04 bits per heavy atom. The molecule has 2 fully saturated rings. The Bertz CT molecular complexity index is 835. The van der Waals surface area contributed by atoms with E-state index in [1.165, 1.54) is 0 Å². The van der Waals surface area contributed by atoms with Gasteiger partial charge in [0, 0.05) is 37.5 Å². The average Bonchev–Trinajstić information content (AvgIpc) is 3.46. The van der Waals surface area contributed by atoms with E-state index in [0.717, 1.165) is 12.8 Å². The molecule has 0 unspecified atom stereocenters. The van der Waals surface area contributed by atoms with Crippen molar-refractivity contribution in [3.8, 4) is 0 Å². The Morgan fingerprint density at radius 2 is 1.81 bits per heavy atom. The molecule has 1 aliphatic carbocycles. The van der Waals surface area contributed by atoms with Gasteiger partial charge < -0.3 is 9.80 Å². The van der Waals surface area contributed by atoms with E-state index in [0.29, 0.717) is 43.8 Å². The third-order valence-corrected chi connectivity index (χ3v) is 4.87. The van der Waals surface area contributed by atoms with E-state index in [1.807, 2.05) is 9.80 Å². The molecular weight excluding hydrogens is 345 g/mol. The normalized spacial score (nSPS) is 18.9. The van der Waals surface area contributed by atoms with Crippen molar-refractivity contribution in [2.24, 2.45) is 5.92 Å². The van der Waals surface area contributed by atoms with Crippen LogP contribution in [0.5, 0.6) is 0 Å². The SMILES string of the molecule is O=C(C1CC1)N1CCCN(c2nc(C(F)(F)F)nc3ccccc23)CC1. The fraction of sp³-hybridized carbons (Fsp3) is 0.500. The van der Waals surface area contributed by atoms with Crippen molar-refractivity contribution in [3.63, 3.8) is 0 Å². The zero-order valence-electron chi connectivity index (χ0n) is 14.2. The van der Waals surface area contributed by atoms with Crippen LogP contribution in [-0.2, 0) is 11.0 Å². The van der Waals surface area contributed by atoms with Crippen molar-refractivity contribution in [1.29, 1.82) is 0 Å². The van der Waals surface area contributed by atoms with Crippen molar-refractivity contribution in [3.05, 3.63) is 30.1 Å². The molecule has 0 spiro atoms. The first-order valence-electron chi connectivity index (χ1n) is 8.81. The minimum Gasteiger partial charge on any atom is -0.354 e. The van der Waals surface area contributed by atoms with Gasteiger partial charge in [0.25, 0.3) is 0 Å². The minimum atomic E-state index is -4.60. The molecule has 4 rings (SSSR count). The van der Waals surface area contributed by atoms with E-state index >= 15 is 0 Å². The van der Waals surface area contributed by atoms with Crippen LogP contribution in [0.25, 0.3) is 10.9 Å². The Kier molecular flexibility index (Phi) is 4.20. The van der Waals surface area contributed by atoms with Gasteiger partial charge >= 0.3 is 6.18 Å². The van der Waals surface area contributed by atoms with Crippen LogP contribution in [0.15, 0.2) is 24.3 Å². The Hall–Kier alpha value is -2.38. The molecule has 1 saturated heterocycles. The summed E-state index contributed by atoms with van der Waals surface area (Å²) in [7, 11) is 0. The molecule has 1 aromatic carbocycles. The summed E-state index contributed by atoms with van der Waals surface area (Å²) in [6, 6.07) is 6.74. The number of aromatic nitrogens is 2. The fourth-order valence-corrected chi connectivity index (χ4v) is 3.37. The molecule has 0 bridgehead atoms. The molecule has 8 heteroatoms. The standard InChI is InChI=1S/C18H19F3N4O/c19-18(20,21)17-22-14-5-2-1-4-13(14)15(23-17)24-8-3-9-25(11-10-24)16(26)12-6-7-12/h1-2,4-5,12H,3,6-11H2. The third kappa shape index (κ3) is 3.32. The Morgan fingerprint density at radius 3 is 2.54 bits per heavy atom. The lowest BCUT2D eigenvalue weighted by Gasteiger charge is -2.24. The average molecular weight is 364 g/mol. The van der Waals surface area contributed by atoms with Gasteiger partial charge in [-0.3, -0.25) is 4.79 Å². The molecule has 26 heavy (non-hydrogen) atoms. The summed E-state index contributed by atoms with van der Waals surface area (Å²) in [5, 5.41) is 0.600. The van der Waals surface area contributed by atoms with Crippen molar-refractivity contribution in [2.45, 2.75) is 25.4 Å². The second-order valence-corrected chi connectivity index (χ2v) is 6.83. The highest BCUT2D eigenvalue weighted by Gasteiger charge is 2.37. The number of hydrogen-bond acceptors (Lipinski definition) is 4. The number of carbonyl (C=O) groups excluding carboxylic acids is 1. The maximum Gasteiger partial charge on any atom is 0.451 e. The molecule has 1 aromatic heterocycles. The van der Waals surface area contributed by atoms with Gasteiger partial charge in [0.15, 0.2) is 0 Å². The van der Waals surface area contributed by atoms with Crippen molar-refractivity contribution >= 4 is 22.6 Å². The third-order valence-electron chi connectivity index (χ3n) is 4.87. The number of hydrogen-bond donors (Lipinski definition) is 0. The maximum atomic E-state index is 13.2. The fourth-order valence-electron chi connectivity index (χ4n) is 3.37. The van der Waals surface area contributed by atoms with E-state index in [1.54, 1.807) is 24.3 Å². The summed E-state index contributed by atoms with van der Waals surface area (Å²) in [5.74, 6) is -0.501. The van der Waals surface area contributed by atoms with Crippen LogP contribution in [0.3, 0.4) is 0 Å². The predicted octanol–water partition coefficient (Wildman–Crippen LogP) is 3.10. The lowest BCUT2D eigenvalue weighted by Crippen LogP contribution is -2.36. The zero-order valence-corrected chi connectivity index (χ0v) is 14.2. The van der Waals surface area contributed by atoms with Gasteiger partial charge in [-0.2, -0.15) is 13.2 Å². The van der Waals surface area contributed by atoms with Crippen LogP contribution in [0.4, 0.5) is 19.0 Å². The molecule has 0 N–H and O–H groups in total. The number of para-hydroxylation sites is 1. The highest BCUT2D eigenvalue weighted by molar-refractivity contribution is 5.89. The molecule has 0 atom stereocenters. The smallest absolute Gasteiger partial charge is 0.354 e. The van der Waals surface area contributed by atoms with Crippen LogP contribution in [0.1, 0.15) is 25.1 Å². The number of nitrogens with zero attached hydrogens (tertiary/aromatic N) is 4. The van der Waals surface area contributed by atoms with E-state index in [4.69, 9.17) is 0 Å². The molecule has 1 amide bonds. The van der Waals surface area contributed by atoms with Gasteiger partial charge in [-0.1, -0.05) is 12.1 Å². The van der Waals surface area contributed by atoms with Crippen LogP contribution >= 0.6 is 0 Å². The number of fused-ring (bicyclic) bond motifs is 1. The molecule has 1 saturated carbocycles. The molecular formula is C18H19F3N4O. The second kappa shape index (κ2) is 6.41. The monoisotopic (exact) mass is 364 g/mol. The lowest BCUT2D eigenvalue weighted by atomic mass is 10.2. The summed E-state index contributed by atoms with van der Waals surface area (Å²) < 4.78 is 39.6. The second-order valence-electron chi connectivity index (χ2n) is 6.83. The lowest BCUT2D eigenvalue weighted by molar-refractivity contribution is -0.144. The predicted molar refractivity (Wildman–Crippen MR) is 90.7 cm³/mol. The Labute approximate surface area is 148 Å². The van der Waals surface area contributed by atoms with Gasteiger partial charge in [-0.25, -0.2) is 9.97 Å². The summed E-state index contributed by atoms with van der Waals surface area (Å²) >= 11 is 0. The number of rotatable bonds is 2. The number of benzene rings is 1. The molecule has 2 heterocycles. The van der Waals surface area contributed by atoms with Crippen LogP contribution in [0, 0.1) is 5.92 Å². The first-order chi connectivity index (χ1) is 12.4. The highest BCUT2D eigenvalue weighted by atomic mass is 19.4. The summed E-state index contributed by atoms with van der Waals surface area (Å²) in [6.07, 6.45) is -1.99. The number of carbonyl (C=O) groups is 1. The zero-order chi connectivity index (χ0) is 18.3. The van der Waals surface area contributed by atoms with E-state index < -0.39 is 12.0 Å². The minimum absolute atomic E-state index is 0.151. The quantitative estimate of drug-likeness (QED) is 0.822. The largest absolute Gasteiger partial charge is 0.451 e. The molecule has 0 radical (unpaired) electrons. The van der Waals surface area contributed by atoms with Crippen molar-refractivity contribution < 1.29 is 18.0 Å².